The van der Waals surface area contributed by atoms with Gasteiger partial charge in [0, 0.05) is 50.7 Å². The van der Waals surface area contributed by atoms with Crippen LogP contribution in [0.25, 0.3) is 0 Å². The molecule has 6 fully saturated rings. The van der Waals surface area contributed by atoms with Crippen molar-refractivity contribution in [2.45, 2.75) is 156 Å². The van der Waals surface area contributed by atoms with Gasteiger partial charge in [0.15, 0.2) is 0 Å². The average Bonchev–Trinajstić information content (AvgIpc) is 3.83. The highest BCUT2D eigenvalue weighted by Crippen LogP contribution is 2.80. The molecule has 5 aliphatic carbocycles. The molecule has 7 rings (SSSR count). The SMILES string of the molecule is CCCCCCCCN1CCN(CCNC[C@@H]2O[C@@H](C34C[C@@H]5[C@H](C)CC[C@H]5C5CC3C=C(C(C)C)[C@]54C(=O)O)C[C@H]2C2CCCCC2)C(C)C1. The van der Waals surface area contributed by atoms with Crippen molar-refractivity contribution in [1.82, 2.24) is 15.1 Å². The van der Waals surface area contributed by atoms with E-state index < -0.39 is 11.4 Å². The average molecular weight is 694 g/mol. The minimum Gasteiger partial charge on any atom is -0.481 e. The van der Waals surface area contributed by atoms with Crippen molar-refractivity contribution in [3.05, 3.63) is 11.6 Å². The van der Waals surface area contributed by atoms with Gasteiger partial charge in [-0.05, 0) is 92.9 Å². The van der Waals surface area contributed by atoms with E-state index in [0.717, 1.165) is 44.8 Å². The molecule has 2 N–H and O–H groups in total. The second-order valence-electron chi connectivity index (χ2n) is 19.1. The largest absolute Gasteiger partial charge is 0.481 e. The van der Waals surface area contributed by atoms with Crippen molar-refractivity contribution < 1.29 is 14.6 Å². The summed E-state index contributed by atoms with van der Waals surface area (Å²) in [6.07, 6.45) is 23.5. The van der Waals surface area contributed by atoms with Gasteiger partial charge >= 0.3 is 5.97 Å². The second-order valence-corrected chi connectivity index (χ2v) is 19.1. The Kier molecular flexibility index (Phi) is 11.8. The molecular weight excluding hydrogens is 619 g/mol. The van der Waals surface area contributed by atoms with Crippen LogP contribution in [0.3, 0.4) is 0 Å². The number of carboxylic acids is 1. The predicted octanol–water partition coefficient (Wildman–Crippen LogP) is 8.65. The number of piperazine rings is 1. The van der Waals surface area contributed by atoms with E-state index in [4.69, 9.17) is 4.74 Å². The number of nitrogens with zero attached hydrogens (tertiary/aromatic N) is 2. The lowest BCUT2D eigenvalue weighted by Crippen LogP contribution is -2.60. The van der Waals surface area contributed by atoms with E-state index >= 15 is 0 Å². The monoisotopic (exact) mass is 694 g/mol. The molecule has 0 amide bonds. The molecule has 284 valence electrons. The number of unbranched alkanes of at least 4 members (excludes halogenated alkanes) is 5. The summed E-state index contributed by atoms with van der Waals surface area (Å²) in [6.45, 7) is 19.6. The molecular formula is C44H75N3O3. The predicted molar refractivity (Wildman–Crippen MR) is 204 cm³/mol. The molecule has 6 heteroatoms. The Morgan fingerprint density at radius 2 is 1.74 bits per heavy atom. The molecule has 4 unspecified atom stereocenters. The fraction of sp³-hybridized carbons (Fsp3) is 0.932. The lowest BCUT2D eigenvalue weighted by atomic mass is 9.46. The lowest BCUT2D eigenvalue weighted by Gasteiger charge is -2.56. The number of allylic oxidation sites excluding steroid dienone is 1. The first-order valence-electron chi connectivity index (χ1n) is 22.0. The number of hydrogen-bond acceptors (Lipinski definition) is 5. The quantitative estimate of drug-likeness (QED) is 0.125. The van der Waals surface area contributed by atoms with Crippen LogP contribution >= 0.6 is 0 Å². The summed E-state index contributed by atoms with van der Waals surface area (Å²) in [6, 6.07) is 0.612. The van der Waals surface area contributed by atoms with E-state index in [0.29, 0.717) is 41.5 Å². The molecule has 0 aromatic heterocycles. The third-order valence-electron chi connectivity index (χ3n) is 16.3. The Morgan fingerprint density at radius 3 is 2.48 bits per heavy atom. The van der Waals surface area contributed by atoms with Gasteiger partial charge in [0.2, 0.25) is 0 Å². The van der Waals surface area contributed by atoms with Crippen molar-refractivity contribution in [1.29, 1.82) is 0 Å². The number of rotatable bonds is 16. The number of carbonyl (C=O) groups is 1. The van der Waals surface area contributed by atoms with Crippen LogP contribution in [0.2, 0.25) is 0 Å². The lowest BCUT2D eigenvalue weighted by molar-refractivity contribution is -0.182. The van der Waals surface area contributed by atoms with Gasteiger partial charge in [0.25, 0.3) is 0 Å². The zero-order valence-corrected chi connectivity index (χ0v) is 32.8. The molecule has 7 aliphatic rings. The van der Waals surface area contributed by atoms with Crippen LogP contribution in [0.15, 0.2) is 11.6 Å². The molecule has 4 bridgehead atoms. The van der Waals surface area contributed by atoms with Crippen molar-refractivity contribution in [3.63, 3.8) is 0 Å². The van der Waals surface area contributed by atoms with Crippen LogP contribution in [-0.2, 0) is 9.53 Å². The Labute approximate surface area is 306 Å². The van der Waals surface area contributed by atoms with E-state index in [-0.39, 0.29) is 23.5 Å². The molecule has 0 radical (unpaired) electrons. The normalized spacial score (nSPS) is 42.0. The molecule has 2 saturated heterocycles. The van der Waals surface area contributed by atoms with Crippen LogP contribution in [0.1, 0.15) is 137 Å². The topological polar surface area (TPSA) is 65.0 Å². The number of aliphatic carboxylic acids is 1. The smallest absolute Gasteiger partial charge is 0.314 e. The van der Waals surface area contributed by atoms with Crippen molar-refractivity contribution in [3.8, 4) is 0 Å². The molecule has 6 nitrogen and oxygen atoms in total. The minimum absolute atomic E-state index is 0.0633. The Hall–Kier alpha value is -0.950. The van der Waals surface area contributed by atoms with E-state index in [2.05, 4.69) is 55.8 Å². The Balaban J connectivity index is 1.01. The molecule has 2 aliphatic heterocycles. The molecule has 0 aromatic carbocycles. The number of nitrogens with one attached hydrogen (secondary N) is 1. The Bertz CT molecular complexity index is 1180. The van der Waals surface area contributed by atoms with Crippen molar-refractivity contribution >= 4 is 5.97 Å². The Morgan fingerprint density at radius 1 is 0.960 bits per heavy atom. The molecule has 2 heterocycles. The maximum atomic E-state index is 14.0. The molecule has 0 spiro atoms. The zero-order valence-electron chi connectivity index (χ0n) is 32.8. The maximum Gasteiger partial charge on any atom is 0.314 e. The summed E-state index contributed by atoms with van der Waals surface area (Å²) in [5.41, 5.74) is 0.272. The second kappa shape index (κ2) is 15.8. The van der Waals surface area contributed by atoms with Crippen LogP contribution in [0.4, 0.5) is 0 Å². The summed E-state index contributed by atoms with van der Waals surface area (Å²) in [5, 5.41) is 15.4. The van der Waals surface area contributed by atoms with Crippen LogP contribution in [-0.4, -0.2) is 84.9 Å². The number of fused-ring (bicyclic) bond motifs is 2. The van der Waals surface area contributed by atoms with Crippen LogP contribution in [0.5, 0.6) is 0 Å². The van der Waals surface area contributed by atoms with Gasteiger partial charge in [0.05, 0.1) is 12.2 Å². The van der Waals surface area contributed by atoms with Gasteiger partial charge in [-0.25, -0.2) is 0 Å². The first kappa shape index (κ1) is 37.4. The summed E-state index contributed by atoms with van der Waals surface area (Å²) in [4.78, 5) is 19.4. The van der Waals surface area contributed by atoms with Gasteiger partial charge < -0.3 is 20.1 Å². The molecule has 0 aromatic rings. The number of ether oxygens (including phenoxy) is 1. The third kappa shape index (κ3) is 6.48. The molecule has 50 heavy (non-hydrogen) atoms. The fourth-order valence-corrected chi connectivity index (χ4v) is 14.0. The number of carboxylic acid groups (broad SMARTS) is 1. The standard InChI is InChI=1S/C44H75N3O3/c1-6-7-8-9-10-14-20-46-22-23-47(32(5)29-46)21-19-45-28-40-36(33-15-12-11-13-16-33)26-41(50-40)43-27-37-31(4)17-18-35(37)39-25-34(43)24-38(30(2)3)44(39,43)42(48)49/h24,30-37,39-41,45H,6-23,25-29H2,1-5H3,(H,48,49)/t31-,32?,34?,35-,36+,37-,39?,40+,41-,43?,44-/m1/s1. The van der Waals surface area contributed by atoms with Gasteiger partial charge in [-0.2, -0.15) is 0 Å². The van der Waals surface area contributed by atoms with Gasteiger partial charge in [-0.15, -0.1) is 0 Å². The first-order valence-corrected chi connectivity index (χ1v) is 22.0. The van der Waals surface area contributed by atoms with E-state index in [1.807, 2.05) is 0 Å². The third-order valence-corrected chi connectivity index (χ3v) is 16.3. The van der Waals surface area contributed by atoms with Crippen LogP contribution < -0.4 is 5.32 Å². The number of hydrogen-bond donors (Lipinski definition) is 2. The van der Waals surface area contributed by atoms with E-state index in [1.54, 1.807) is 0 Å². The summed E-state index contributed by atoms with van der Waals surface area (Å²) >= 11 is 0. The first-order chi connectivity index (χ1) is 24.2. The van der Waals surface area contributed by atoms with Gasteiger partial charge in [-0.1, -0.05) is 110 Å². The summed E-state index contributed by atoms with van der Waals surface area (Å²) in [5.74, 6) is 3.66. The van der Waals surface area contributed by atoms with E-state index in [1.165, 1.54) is 115 Å². The highest BCUT2D eigenvalue weighted by Gasteiger charge is 2.80. The van der Waals surface area contributed by atoms with Gasteiger partial charge in [0.1, 0.15) is 5.41 Å². The summed E-state index contributed by atoms with van der Waals surface area (Å²) in [7, 11) is 0. The molecule has 4 saturated carbocycles. The van der Waals surface area contributed by atoms with Gasteiger partial charge in [-0.3, -0.25) is 9.69 Å². The highest BCUT2D eigenvalue weighted by atomic mass is 16.5. The maximum absolute atomic E-state index is 14.0. The van der Waals surface area contributed by atoms with Crippen LogP contribution in [0, 0.1) is 58.2 Å². The van der Waals surface area contributed by atoms with Crippen molar-refractivity contribution in [2.24, 2.45) is 58.2 Å². The van der Waals surface area contributed by atoms with E-state index in [9.17, 15) is 9.90 Å². The zero-order chi connectivity index (χ0) is 35.0. The van der Waals surface area contributed by atoms with Crippen molar-refractivity contribution in [2.75, 3.05) is 45.8 Å². The molecule has 11 atom stereocenters. The minimum atomic E-state index is -0.728. The fourth-order valence-electron chi connectivity index (χ4n) is 14.0. The summed E-state index contributed by atoms with van der Waals surface area (Å²) < 4.78 is 7.47. The highest BCUT2D eigenvalue weighted by molar-refractivity contribution is 5.84.